The largest absolute Gasteiger partial charge is 0.472 e. The predicted octanol–water partition coefficient (Wildman–Crippen LogP) is 22.3. The van der Waals surface area contributed by atoms with Gasteiger partial charge in [0.05, 0.1) is 26.4 Å². The van der Waals surface area contributed by atoms with E-state index in [2.05, 4.69) is 41.5 Å². The Balaban J connectivity index is 5.14. The monoisotopic (exact) mass is 1400 g/mol. The van der Waals surface area contributed by atoms with Gasteiger partial charge in [-0.2, -0.15) is 0 Å². The van der Waals surface area contributed by atoms with Crippen LogP contribution in [0.1, 0.15) is 395 Å². The number of unbranched alkanes of at least 4 members (excludes halogenated alkanes) is 45. The lowest BCUT2D eigenvalue weighted by Crippen LogP contribution is -2.30. The van der Waals surface area contributed by atoms with Crippen LogP contribution in [0.25, 0.3) is 0 Å². The van der Waals surface area contributed by atoms with Crippen LogP contribution >= 0.6 is 15.6 Å². The van der Waals surface area contributed by atoms with Crippen LogP contribution in [-0.2, 0) is 65.4 Å². The van der Waals surface area contributed by atoms with Crippen molar-refractivity contribution in [2.75, 3.05) is 39.6 Å². The molecule has 0 amide bonds. The number of hydrogen-bond acceptors (Lipinski definition) is 15. The number of esters is 4. The van der Waals surface area contributed by atoms with Crippen molar-refractivity contribution < 1.29 is 80.2 Å². The molecule has 0 heterocycles. The molecule has 0 aromatic carbocycles. The van der Waals surface area contributed by atoms with Gasteiger partial charge in [-0.15, -0.1) is 0 Å². The van der Waals surface area contributed by atoms with Crippen molar-refractivity contribution in [3.05, 3.63) is 0 Å². The molecule has 0 aliphatic carbocycles. The van der Waals surface area contributed by atoms with Crippen molar-refractivity contribution in [1.82, 2.24) is 0 Å². The molecule has 0 aromatic heterocycles. The van der Waals surface area contributed by atoms with Crippen molar-refractivity contribution in [3.8, 4) is 0 Å². The molecule has 0 aliphatic rings. The van der Waals surface area contributed by atoms with E-state index in [1.54, 1.807) is 0 Å². The summed E-state index contributed by atoms with van der Waals surface area (Å²) in [6.07, 6.45) is 56.0. The molecule has 0 aliphatic heterocycles. The molecule has 0 aromatic rings. The molecular weight excluding hydrogens is 1250 g/mol. The third kappa shape index (κ3) is 70.3. The molecule has 3 N–H and O–H groups in total. The maximum absolute atomic E-state index is 13.1. The molecule has 19 heteroatoms. The Morgan fingerprint density at radius 2 is 0.484 bits per heavy atom. The number of carbonyl (C=O) groups excluding carboxylic acids is 4. The topological polar surface area (TPSA) is 237 Å². The van der Waals surface area contributed by atoms with E-state index >= 15 is 0 Å². The number of phosphoric acid groups is 2. The maximum atomic E-state index is 13.1. The maximum Gasteiger partial charge on any atom is 0.472 e. The number of rotatable bonds is 75. The minimum absolute atomic E-state index is 0.103. The normalized spacial score (nSPS) is 14.0. The van der Waals surface area contributed by atoms with Crippen LogP contribution in [0.15, 0.2) is 0 Å². The third-order valence-electron chi connectivity index (χ3n) is 17.7. The second kappa shape index (κ2) is 67.9. The first-order chi connectivity index (χ1) is 45.9. The Morgan fingerprint density at radius 3 is 0.716 bits per heavy atom. The second-order valence-electron chi connectivity index (χ2n) is 28.3. The van der Waals surface area contributed by atoms with Gasteiger partial charge >= 0.3 is 39.5 Å². The first kappa shape index (κ1) is 93.1. The zero-order valence-electron chi connectivity index (χ0n) is 62.0. The third-order valence-corrected chi connectivity index (χ3v) is 19.6. The number of hydrogen-bond donors (Lipinski definition) is 3. The Bertz CT molecular complexity index is 1840. The minimum atomic E-state index is -4.96. The zero-order valence-corrected chi connectivity index (χ0v) is 63.8. The van der Waals surface area contributed by atoms with Gasteiger partial charge in [0.25, 0.3) is 0 Å². The Labute approximate surface area is 581 Å². The standard InChI is InChI=1S/C76H148O17P2/c1-7-9-11-13-15-16-17-18-19-20-21-22-23-24-25-26-29-33-36-42-48-54-60-75(80)92-72(65-87-74(79)59-53-47-41-35-32-30-27-28-31-34-39-44-50-56-68(3)4)67-91-95(84,85)89-63-70(77)62-88-94(82,83)90-66-71(64-86-73(78)58-52-46-38-14-12-10-8-2)93-76(81)61-55-49-43-37-40-45-51-57-69(5)6/h68-72,77H,7-67H2,1-6H3,(H,82,83)(H,84,85)/t70-,71+,72+/m0/s1. The lowest BCUT2D eigenvalue weighted by molar-refractivity contribution is -0.161. The van der Waals surface area contributed by atoms with Crippen LogP contribution in [0.2, 0.25) is 0 Å². The minimum Gasteiger partial charge on any atom is -0.462 e. The lowest BCUT2D eigenvalue weighted by Gasteiger charge is -2.21. The fourth-order valence-corrected chi connectivity index (χ4v) is 13.2. The van der Waals surface area contributed by atoms with Crippen molar-refractivity contribution >= 4 is 39.5 Å². The van der Waals surface area contributed by atoms with E-state index in [1.165, 1.54) is 199 Å². The summed E-state index contributed by atoms with van der Waals surface area (Å²) in [6, 6.07) is 0. The summed E-state index contributed by atoms with van der Waals surface area (Å²) in [5.41, 5.74) is 0. The second-order valence-corrected chi connectivity index (χ2v) is 31.3. The molecule has 0 saturated heterocycles. The molecule has 17 nitrogen and oxygen atoms in total. The first-order valence-corrected chi connectivity index (χ1v) is 42.5. The highest BCUT2D eigenvalue weighted by atomic mass is 31.2. The number of phosphoric ester groups is 2. The van der Waals surface area contributed by atoms with Crippen LogP contribution in [0.3, 0.4) is 0 Å². The van der Waals surface area contributed by atoms with E-state index in [4.69, 9.17) is 37.0 Å². The highest BCUT2D eigenvalue weighted by Gasteiger charge is 2.30. The fraction of sp³-hybridized carbons (Fsp3) is 0.947. The highest BCUT2D eigenvalue weighted by molar-refractivity contribution is 7.47. The summed E-state index contributed by atoms with van der Waals surface area (Å²) in [5.74, 6) is -0.638. The summed E-state index contributed by atoms with van der Waals surface area (Å²) in [6.45, 7) is 9.50. The van der Waals surface area contributed by atoms with Crippen molar-refractivity contribution in [2.45, 2.75) is 413 Å². The number of carbonyl (C=O) groups is 4. The Kier molecular flexibility index (Phi) is 66.5. The van der Waals surface area contributed by atoms with Gasteiger partial charge in [-0.05, 0) is 37.5 Å². The molecule has 95 heavy (non-hydrogen) atoms. The van der Waals surface area contributed by atoms with E-state index in [1.807, 2.05) is 0 Å². The number of ether oxygens (including phenoxy) is 4. The molecule has 0 fully saturated rings. The van der Waals surface area contributed by atoms with Gasteiger partial charge in [0.15, 0.2) is 12.2 Å². The number of aliphatic hydroxyl groups is 1. The van der Waals surface area contributed by atoms with Gasteiger partial charge in [0.2, 0.25) is 0 Å². The summed E-state index contributed by atoms with van der Waals surface area (Å²) >= 11 is 0. The van der Waals surface area contributed by atoms with E-state index in [9.17, 15) is 43.2 Å². The number of aliphatic hydroxyl groups excluding tert-OH is 1. The average Bonchev–Trinajstić information content (AvgIpc) is 1.55. The average molecular weight is 1400 g/mol. The van der Waals surface area contributed by atoms with Gasteiger partial charge in [-0.25, -0.2) is 9.13 Å². The first-order valence-electron chi connectivity index (χ1n) is 39.5. The van der Waals surface area contributed by atoms with Crippen molar-refractivity contribution in [1.29, 1.82) is 0 Å². The lowest BCUT2D eigenvalue weighted by atomic mass is 10.0. The molecule has 0 rings (SSSR count). The molecule has 0 radical (unpaired) electrons. The van der Waals surface area contributed by atoms with Crippen LogP contribution in [0.5, 0.6) is 0 Å². The van der Waals surface area contributed by atoms with Gasteiger partial charge in [0, 0.05) is 25.7 Å². The predicted molar refractivity (Wildman–Crippen MR) is 386 cm³/mol. The van der Waals surface area contributed by atoms with E-state index < -0.39 is 97.5 Å². The van der Waals surface area contributed by atoms with Gasteiger partial charge in [0.1, 0.15) is 19.3 Å². The zero-order chi connectivity index (χ0) is 70.0. The van der Waals surface area contributed by atoms with E-state index in [-0.39, 0.29) is 25.7 Å². The van der Waals surface area contributed by atoms with E-state index in [0.29, 0.717) is 31.6 Å². The Hall–Kier alpha value is -1.94. The molecule has 0 saturated carbocycles. The van der Waals surface area contributed by atoms with Crippen molar-refractivity contribution in [3.63, 3.8) is 0 Å². The van der Waals surface area contributed by atoms with Gasteiger partial charge in [-0.3, -0.25) is 37.3 Å². The quantitative estimate of drug-likeness (QED) is 0.0222. The summed E-state index contributed by atoms with van der Waals surface area (Å²) in [4.78, 5) is 72.6. The van der Waals surface area contributed by atoms with Crippen LogP contribution < -0.4 is 0 Å². The summed E-state index contributed by atoms with van der Waals surface area (Å²) in [5, 5.41) is 10.6. The van der Waals surface area contributed by atoms with Crippen molar-refractivity contribution in [2.24, 2.45) is 11.8 Å². The molecule has 0 bridgehead atoms. The molecule has 5 atom stereocenters. The highest BCUT2D eigenvalue weighted by Crippen LogP contribution is 2.45. The molecule has 564 valence electrons. The molecule has 2 unspecified atom stereocenters. The smallest absolute Gasteiger partial charge is 0.462 e. The van der Waals surface area contributed by atoms with Gasteiger partial charge < -0.3 is 33.8 Å². The van der Waals surface area contributed by atoms with Crippen LogP contribution in [0.4, 0.5) is 0 Å². The molecular formula is C76H148O17P2. The molecule has 0 spiro atoms. The van der Waals surface area contributed by atoms with E-state index in [0.717, 1.165) is 109 Å². The fourth-order valence-electron chi connectivity index (χ4n) is 11.7. The van der Waals surface area contributed by atoms with Crippen LogP contribution in [0, 0.1) is 11.8 Å². The Morgan fingerprint density at radius 1 is 0.284 bits per heavy atom. The van der Waals surface area contributed by atoms with Crippen LogP contribution in [-0.4, -0.2) is 96.7 Å². The summed E-state index contributed by atoms with van der Waals surface area (Å²) in [7, 11) is -9.90. The summed E-state index contributed by atoms with van der Waals surface area (Å²) < 4.78 is 68.3. The van der Waals surface area contributed by atoms with Gasteiger partial charge in [-0.1, -0.05) is 343 Å². The SMILES string of the molecule is CCCCCCCCCCCCCCCCCCCCCCCCC(=O)O[C@H](COC(=O)CCCCCCCCCCCCCCCC(C)C)COP(=O)(O)OC[C@@H](O)COP(=O)(O)OC[C@@H](COC(=O)CCCCCCCCC)OC(=O)CCCCCCCCCC(C)C.